The van der Waals surface area contributed by atoms with Gasteiger partial charge in [-0.2, -0.15) is 5.26 Å². The van der Waals surface area contributed by atoms with Crippen molar-refractivity contribution in [1.29, 1.82) is 5.26 Å². The standard InChI is InChI=1S/C26H27N3O2/c1-5-21-8-6-7-9-25(21)29-18(2)14-22(19(29)3)15-23(16-27)26(30)28-17-20-10-12-24(31-4)13-11-20/h6-15H,5,17H2,1-4H3,(H,28,30)/b23-15-. The molecule has 0 aliphatic rings. The molecular weight excluding hydrogens is 386 g/mol. The number of aromatic nitrogens is 1. The van der Waals surface area contributed by atoms with Crippen LogP contribution in [-0.4, -0.2) is 17.6 Å². The van der Waals surface area contributed by atoms with E-state index in [4.69, 9.17) is 4.74 Å². The Kier molecular flexibility index (Phi) is 6.94. The van der Waals surface area contributed by atoms with E-state index < -0.39 is 5.91 Å². The Morgan fingerprint density at radius 3 is 2.52 bits per heavy atom. The van der Waals surface area contributed by atoms with Crippen molar-refractivity contribution < 1.29 is 9.53 Å². The van der Waals surface area contributed by atoms with E-state index in [0.29, 0.717) is 6.54 Å². The van der Waals surface area contributed by atoms with Crippen molar-refractivity contribution >= 4 is 12.0 Å². The minimum Gasteiger partial charge on any atom is -0.497 e. The summed E-state index contributed by atoms with van der Waals surface area (Å²) in [7, 11) is 1.61. The minimum atomic E-state index is -0.392. The van der Waals surface area contributed by atoms with Crippen molar-refractivity contribution in [3.8, 4) is 17.5 Å². The van der Waals surface area contributed by atoms with Crippen LogP contribution >= 0.6 is 0 Å². The predicted molar refractivity (Wildman–Crippen MR) is 123 cm³/mol. The van der Waals surface area contributed by atoms with Gasteiger partial charge in [-0.1, -0.05) is 37.3 Å². The lowest BCUT2D eigenvalue weighted by molar-refractivity contribution is -0.117. The average Bonchev–Trinajstić information content (AvgIpc) is 3.08. The highest BCUT2D eigenvalue weighted by Gasteiger charge is 2.15. The molecule has 0 bridgehead atoms. The Morgan fingerprint density at radius 1 is 1.16 bits per heavy atom. The van der Waals surface area contributed by atoms with Crippen LogP contribution in [0, 0.1) is 25.2 Å². The fourth-order valence-corrected chi connectivity index (χ4v) is 3.66. The van der Waals surface area contributed by atoms with E-state index in [2.05, 4.69) is 28.9 Å². The molecule has 5 nitrogen and oxygen atoms in total. The highest BCUT2D eigenvalue weighted by atomic mass is 16.5. The maximum atomic E-state index is 12.6. The Balaban J connectivity index is 1.83. The third kappa shape index (κ3) is 4.87. The van der Waals surface area contributed by atoms with Crippen LogP contribution in [0.4, 0.5) is 0 Å². The van der Waals surface area contributed by atoms with E-state index in [1.54, 1.807) is 13.2 Å². The molecule has 1 amide bonds. The minimum absolute atomic E-state index is 0.0811. The highest BCUT2D eigenvalue weighted by molar-refractivity contribution is 6.01. The number of aryl methyl sites for hydroxylation is 2. The molecule has 5 heteroatoms. The number of nitrogens with zero attached hydrogens (tertiary/aromatic N) is 2. The van der Waals surface area contributed by atoms with E-state index in [1.807, 2.05) is 62.4 Å². The zero-order chi connectivity index (χ0) is 22.4. The molecule has 0 fully saturated rings. The maximum absolute atomic E-state index is 12.6. The summed E-state index contributed by atoms with van der Waals surface area (Å²) in [5.74, 6) is 0.366. The first-order valence-electron chi connectivity index (χ1n) is 10.3. The van der Waals surface area contributed by atoms with Gasteiger partial charge in [0.1, 0.15) is 17.4 Å². The molecule has 0 unspecified atom stereocenters. The second-order valence-corrected chi connectivity index (χ2v) is 7.34. The zero-order valence-corrected chi connectivity index (χ0v) is 18.4. The van der Waals surface area contributed by atoms with Crippen molar-refractivity contribution in [2.24, 2.45) is 0 Å². The topological polar surface area (TPSA) is 67.0 Å². The van der Waals surface area contributed by atoms with Crippen LogP contribution in [0.3, 0.4) is 0 Å². The second-order valence-electron chi connectivity index (χ2n) is 7.34. The molecule has 0 atom stereocenters. The molecule has 0 radical (unpaired) electrons. The number of rotatable bonds is 7. The summed E-state index contributed by atoms with van der Waals surface area (Å²) in [4.78, 5) is 12.6. The van der Waals surface area contributed by atoms with Gasteiger partial charge in [0, 0.05) is 23.6 Å². The number of nitriles is 1. The summed E-state index contributed by atoms with van der Waals surface area (Å²) in [6.07, 6.45) is 2.59. The second kappa shape index (κ2) is 9.82. The summed E-state index contributed by atoms with van der Waals surface area (Å²) in [5, 5.41) is 12.4. The lowest BCUT2D eigenvalue weighted by Gasteiger charge is -2.14. The molecule has 0 aliphatic carbocycles. The summed E-state index contributed by atoms with van der Waals surface area (Å²) in [6, 6.07) is 19.8. The fraction of sp³-hybridized carbons (Fsp3) is 0.231. The van der Waals surface area contributed by atoms with Gasteiger partial charge < -0.3 is 14.6 Å². The maximum Gasteiger partial charge on any atom is 0.262 e. The largest absolute Gasteiger partial charge is 0.497 e. The van der Waals surface area contributed by atoms with Gasteiger partial charge in [0.2, 0.25) is 0 Å². The molecule has 3 aromatic rings. The normalized spacial score (nSPS) is 11.1. The average molecular weight is 414 g/mol. The van der Waals surface area contributed by atoms with E-state index in [-0.39, 0.29) is 5.57 Å². The molecule has 1 aromatic heterocycles. The predicted octanol–water partition coefficient (Wildman–Crippen LogP) is 4.89. The SMILES string of the molecule is CCc1ccccc1-n1c(C)cc(/C=C(/C#N)C(=O)NCc2ccc(OC)cc2)c1C. The molecule has 1 N–H and O–H groups in total. The van der Waals surface area contributed by atoms with E-state index >= 15 is 0 Å². The van der Waals surface area contributed by atoms with Crippen molar-refractivity contribution in [2.45, 2.75) is 33.7 Å². The Hall–Kier alpha value is -3.78. The molecule has 0 saturated heterocycles. The number of carbonyl (C=O) groups is 1. The Bertz CT molecular complexity index is 1150. The van der Waals surface area contributed by atoms with Crippen molar-refractivity contribution in [1.82, 2.24) is 9.88 Å². The van der Waals surface area contributed by atoms with Gasteiger partial charge in [-0.3, -0.25) is 4.79 Å². The molecule has 2 aromatic carbocycles. The quantitative estimate of drug-likeness (QED) is 0.443. The number of amides is 1. The van der Waals surface area contributed by atoms with E-state index in [1.165, 1.54) is 5.56 Å². The molecule has 0 aliphatic heterocycles. The van der Waals surface area contributed by atoms with Crippen molar-refractivity contribution in [3.05, 3.63) is 88.2 Å². The number of hydrogen-bond donors (Lipinski definition) is 1. The molecule has 0 saturated carbocycles. The first kappa shape index (κ1) is 21.9. The van der Waals surface area contributed by atoms with Gasteiger partial charge >= 0.3 is 0 Å². The van der Waals surface area contributed by atoms with Gasteiger partial charge in [0.25, 0.3) is 5.91 Å². The molecule has 1 heterocycles. The smallest absolute Gasteiger partial charge is 0.262 e. The molecule has 0 spiro atoms. The first-order valence-corrected chi connectivity index (χ1v) is 10.3. The van der Waals surface area contributed by atoms with Crippen LogP contribution in [0.1, 0.15) is 35.0 Å². The van der Waals surface area contributed by atoms with Gasteiger partial charge in [0.15, 0.2) is 0 Å². The van der Waals surface area contributed by atoms with Gasteiger partial charge in [-0.25, -0.2) is 0 Å². The number of carbonyl (C=O) groups excluding carboxylic acids is 1. The number of para-hydroxylation sites is 1. The number of ether oxygens (including phenoxy) is 1. The summed E-state index contributed by atoms with van der Waals surface area (Å²) < 4.78 is 7.32. The van der Waals surface area contributed by atoms with Crippen LogP contribution in [0.15, 0.2) is 60.2 Å². The van der Waals surface area contributed by atoms with Gasteiger partial charge in [-0.05, 0) is 67.3 Å². The molecular formula is C26H27N3O2. The van der Waals surface area contributed by atoms with Crippen LogP contribution in [0.5, 0.6) is 5.75 Å². The van der Waals surface area contributed by atoms with E-state index in [0.717, 1.165) is 40.4 Å². The molecule has 3 rings (SSSR count). The molecule has 158 valence electrons. The van der Waals surface area contributed by atoms with Crippen molar-refractivity contribution in [2.75, 3.05) is 7.11 Å². The van der Waals surface area contributed by atoms with Crippen LogP contribution < -0.4 is 10.1 Å². The zero-order valence-electron chi connectivity index (χ0n) is 18.4. The first-order chi connectivity index (χ1) is 15.0. The lowest BCUT2D eigenvalue weighted by Crippen LogP contribution is -2.23. The summed E-state index contributed by atoms with van der Waals surface area (Å²) >= 11 is 0. The molecule has 31 heavy (non-hydrogen) atoms. The fourth-order valence-electron chi connectivity index (χ4n) is 3.66. The third-order valence-electron chi connectivity index (χ3n) is 5.36. The van der Waals surface area contributed by atoms with Crippen LogP contribution in [0.25, 0.3) is 11.8 Å². The van der Waals surface area contributed by atoms with Crippen LogP contribution in [-0.2, 0) is 17.8 Å². The summed E-state index contributed by atoms with van der Waals surface area (Å²) in [6.45, 7) is 6.52. The third-order valence-corrected chi connectivity index (χ3v) is 5.36. The lowest BCUT2D eigenvalue weighted by atomic mass is 10.1. The number of benzene rings is 2. The number of nitrogens with one attached hydrogen (secondary N) is 1. The Labute approximate surface area is 183 Å². The number of methoxy groups -OCH3 is 1. The number of hydrogen-bond acceptors (Lipinski definition) is 3. The Morgan fingerprint density at radius 2 is 1.87 bits per heavy atom. The van der Waals surface area contributed by atoms with Gasteiger partial charge in [0.05, 0.1) is 7.11 Å². The highest BCUT2D eigenvalue weighted by Crippen LogP contribution is 2.25. The van der Waals surface area contributed by atoms with Crippen molar-refractivity contribution in [3.63, 3.8) is 0 Å². The van der Waals surface area contributed by atoms with Gasteiger partial charge in [-0.15, -0.1) is 0 Å². The van der Waals surface area contributed by atoms with E-state index in [9.17, 15) is 10.1 Å². The summed E-state index contributed by atoms with van der Waals surface area (Å²) in [5.41, 5.74) is 6.30. The van der Waals surface area contributed by atoms with Crippen LogP contribution in [0.2, 0.25) is 0 Å². The monoisotopic (exact) mass is 413 g/mol.